The van der Waals surface area contributed by atoms with Crippen LogP contribution in [0.25, 0.3) is 11.3 Å². The van der Waals surface area contributed by atoms with Gasteiger partial charge >= 0.3 is 0 Å². The number of nitriles is 1. The molecule has 1 N–H and O–H groups in total. The van der Waals surface area contributed by atoms with Crippen molar-refractivity contribution in [1.29, 1.82) is 5.26 Å². The van der Waals surface area contributed by atoms with Crippen LogP contribution >= 0.6 is 11.6 Å². The number of halogens is 2. The Labute approximate surface area is 217 Å². The van der Waals surface area contributed by atoms with Crippen molar-refractivity contribution in [3.8, 4) is 28.8 Å². The molecule has 3 aliphatic rings. The first kappa shape index (κ1) is 24.8. The van der Waals surface area contributed by atoms with Crippen molar-refractivity contribution in [3.05, 3.63) is 46.8 Å². The number of benzene rings is 1. The minimum atomic E-state index is -0.730. The minimum Gasteiger partial charge on any atom is -0.507 e. The van der Waals surface area contributed by atoms with Gasteiger partial charge in [0.15, 0.2) is 5.75 Å². The van der Waals surface area contributed by atoms with E-state index in [2.05, 4.69) is 11.6 Å². The highest BCUT2D eigenvalue weighted by Gasteiger charge is 2.41. The smallest absolute Gasteiger partial charge is 0.264 e. The van der Waals surface area contributed by atoms with Crippen LogP contribution in [0.3, 0.4) is 0 Å². The summed E-state index contributed by atoms with van der Waals surface area (Å²) < 4.78 is 26.4. The summed E-state index contributed by atoms with van der Waals surface area (Å²) in [6, 6.07) is 5.10. The number of morpholine rings is 1. The normalized spacial score (nSPS) is 19.3. The number of carbonyl (C=O) groups is 2. The number of carbonyl (C=O) groups excluding carboxylic acids is 2. The summed E-state index contributed by atoms with van der Waals surface area (Å²) in [5.74, 6) is -1.68. The second kappa shape index (κ2) is 9.88. The number of rotatable bonds is 3. The molecular weight excluding hydrogens is 505 g/mol. The molecule has 37 heavy (non-hydrogen) atoms. The summed E-state index contributed by atoms with van der Waals surface area (Å²) in [6.45, 7) is 5.70. The molecule has 3 aliphatic heterocycles. The van der Waals surface area contributed by atoms with Crippen LogP contribution in [-0.4, -0.2) is 90.3 Å². The number of aromatic nitrogens is 1. The maximum absolute atomic E-state index is 14.9. The van der Waals surface area contributed by atoms with Crippen molar-refractivity contribution in [2.75, 3.05) is 57.4 Å². The lowest BCUT2D eigenvalue weighted by Gasteiger charge is -2.40. The second-order valence-corrected chi connectivity index (χ2v) is 9.22. The second-order valence-electron chi connectivity index (χ2n) is 8.84. The zero-order chi connectivity index (χ0) is 26.3. The van der Waals surface area contributed by atoms with Gasteiger partial charge in [0, 0.05) is 32.7 Å². The maximum atomic E-state index is 14.9. The van der Waals surface area contributed by atoms with Crippen LogP contribution in [-0.2, 0) is 9.53 Å². The summed E-state index contributed by atoms with van der Waals surface area (Å²) in [5.41, 5.74) is -0.300. The Morgan fingerprint density at radius 1 is 1.24 bits per heavy atom. The molecule has 2 amide bonds. The van der Waals surface area contributed by atoms with Crippen LogP contribution in [0.4, 0.5) is 10.2 Å². The predicted molar refractivity (Wildman–Crippen MR) is 131 cm³/mol. The quantitative estimate of drug-likeness (QED) is 0.476. The Balaban J connectivity index is 1.61. The monoisotopic (exact) mass is 527 g/mol. The molecule has 2 fully saturated rings. The number of phenols is 1. The zero-order valence-corrected chi connectivity index (χ0v) is 20.5. The standard InChI is InChI=1S/C25H23ClFN5O5/c1-14(11-28)24(34)31-5-6-32-15(12-31)13-37-22-19(25(32)35)23(30-7-9-36-10-8-30)29-21(20(22)26)18-16(27)3-2-4-17(18)33/h2-4,15,33H,1,5-10,12-13H2/t15-/m1/s1. The first-order valence-electron chi connectivity index (χ1n) is 11.7. The van der Waals surface area contributed by atoms with Crippen molar-refractivity contribution in [3.63, 3.8) is 0 Å². The molecule has 10 nitrogen and oxygen atoms in total. The highest BCUT2D eigenvalue weighted by molar-refractivity contribution is 6.35. The molecule has 1 atom stereocenters. The fourth-order valence-corrected chi connectivity index (χ4v) is 5.07. The lowest BCUT2D eigenvalue weighted by Crippen LogP contribution is -2.57. The Hall–Kier alpha value is -3.88. The molecule has 0 aliphatic carbocycles. The number of nitrogens with zero attached hydrogens (tertiary/aromatic N) is 5. The van der Waals surface area contributed by atoms with E-state index in [0.29, 0.717) is 26.3 Å². The molecule has 2 aromatic rings. The number of amides is 2. The molecule has 12 heteroatoms. The number of aromatic hydroxyl groups is 1. The number of phenolic OH excluding ortho intramolecular Hbond substituents is 1. The summed E-state index contributed by atoms with van der Waals surface area (Å²) in [7, 11) is 0. The molecule has 4 heterocycles. The molecule has 0 spiro atoms. The van der Waals surface area contributed by atoms with Crippen molar-refractivity contribution < 1.29 is 28.6 Å². The fraction of sp³-hybridized carbons (Fsp3) is 0.360. The largest absolute Gasteiger partial charge is 0.507 e. The molecule has 192 valence electrons. The van der Waals surface area contributed by atoms with Crippen molar-refractivity contribution in [1.82, 2.24) is 14.8 Å². The van der Waals surface area contributed by atoms with Gasteiger partial charge in [0.05, 0.1) is 24.8 Å². The topological polar surface area (TPSA) is 119 Å². The van der Waals surface area contributed by atoms with E-state index in [-0.39, 0.29) is 76.9 Å². The summed E-state index contributed by atoms with van der Waals surface area (Å²) in [4.78, 5) is 36.0. The average Bonchev–Trinajstić information content (AvgIpc) is 3.06. The van der Waals surface area contributed by atoms with Crippen LogP contribution in [0.2, 0.25) is 5.02 Å². The van der Waals surface area contributed by atoms with Crippen LogP contribution in [0.15, 0.2) is 30.4 Å². The molecule has 0 saturated carbocycles. The molecule has 1 aromatic heterocycles. The van der Waals surface area contributed by atoms with Gasteiger partial charge in [-0.25, -0.2) is 9.37 Å². The maximum Gasteiger partial charge on any atom is 0.264 e. The summed E-state index contributed by atoms with van der Waals surface area (Å²) >= 11 is 6.70. The van der Waals surface area contributed by atoms with E-state index in [1.165, 1.54) is 23.1 Å². The van der Waals surface area contributed by atoms with Crippen LogP contribution in [0, 0.1) is 17.1 Å². The average molecular weight is 528 g/mol. The van der Waals surface area contributed by atoms with Gasteiger partial charge < -0.3 is 29.3 Å². The number of pyridine rings is 1. The molecule has 0 unspecified atom stereocenters. The minimum absolute atomic E-state index is 0.00344. The lowest BCUT2D eigenvalue weighted by molar-refractivity contribution is -0.129. The number of ether oxygens (including phenoxy) is 2. The first-order chi connectivity index (χ1) is 17.8. The van der Waals surface area contributed by atoms with E-state index < -0.39 is 17.8 Å². The Morgan fingerprint density at radius 2 is 2.00 bits per heavy atom. The number of hydrogen-bond acceptors (Lipinski definition) is 8. The van der Waals surface area contributed by atoms with Crippen molar-refractivity contribution >= 4 is 29.2 Å². The number of fused-ring (bicyclic) bond motifs is 2. The van der Waals surface area contributed by atoms with E-state index in [9.17, 15) is 19.1 Å². The van der Waals surface area contributed by atoms with Crippen LogP contribution < -0.4 is 9.64 Å². The Kier molecular flexibility index (Phi) is 6.62. The number of hydrogen-bond donors (Lipinski definition) is 1. The van der Waals surface area contributed by atoms with Gasteiger partial charge in [-0.3, -0.25) is 9.59 Å². The van der Waals surface area contributed by atoms with Gasteiger partial charge in [0.2, 0.25) is 0 Å². The number of piperazine rings is 1. The van der Waals surface area contributed by atoms with E-state index >= 15 is 0 Å². The van der Waals surface area contributed by atoms with E-state index in [1.54, 1.807) is 11.0 Å². The Bertz CT molecular complexity index is 1320. The SMILES string of the molecule is C=C(C#N)C(=O)N1CCN2C(=O)c3c(N4CCOCC4)nc(-c4c(O)cccc4F)c(Cl)c3OC[C@H]2C1. The predicted octanol–water partition coefficient (Wildman–Crippen LogP) is 2.21. The number of anilines is 1. The van der Waals surface area contributed by atoms with Gasteiger partial charge in [-0.15, -0.1) is 0 Å². The van der Waals surface area contributed by atoms with E-state index in [0.717, 1.165) is 0 Å². The zero-order valence-electron chi connectivity index (χ0n) is 19.7. The highest BCUT2D eigenvalue weighted by Crippen LogP contribution is 2.46. The molecule has 0 radical (unpaired) electrons. The third kappa shape index (κ3) is 4.32. The molecule has 0 bridgehead atoms. The van der Waals surface area contributed by atoms with Crippen LogP contribution in [0.5, 0.6) is 11.5 Å². The fourth-order valence-electron chi connectivity index (χ4n) is 4.79. The summed E-state index contributed by atoms with van der Waals surface area (Å²) in [5, 5.41) is 19.4. The van der Waals surface area contributed by atoms with Gasteiger partial charge in [-0.1, -0.05) is 24.2 Å². The van der Waals surface area contributed by atoms with E-state index in [4.69, 9.17) is 26.3 Å². The highest BCUT2D eigenvalue weighted by atomic mass is 35.5. The van der Waals surface area contributed by atoms with Gasteiger partial charge in [0.25, 0.3) is 11.8 Å². The molecule has 2 saturated heterocycles. The third-order valence-electron chi connectivity index (χ3n) is 6.67. The molecule has 1 aromatic carbocycles. The Morgan fingerprint density at radius 3 is 2.70 bits per heavy atom. The third-order valence-corrected chi connectivity index (χ3v) is 7.02. The first-order valence-corrected chi connectivity index (χ1v) is 12.1. The molecular formula is C25H23ClFN5O5. The van der Waals surface area contributed by atoms with Gasteiger partial charge in [-0.2, -0.15) is 5.26 Å². The van der Waals surface area contributed by atoms with Crippen molar-refractivity contribution in [2.45, 2.75) is 6.04 Å². The van der Waals surface area contributed by atoms with Gasteiger partial charge in [-0.05, 0) is 12.1 Å². The van der Waals surface area contributed by atoms with Gasteiger partial charge in [0.1, 0.15) is 51.9 Å². The van der Waals surface area contributed by atoms with Crippen molar-refractivity contribution in [2.24, 2.45) is 0 Å². The van der Waals surface area contributed by atoms with E-state index in [1.807, 2.05) is 4.90 Å². The lowest BCUT2D eigenvalue weighted by atomic mass is 10.0. The summed E-state index contributed by atoms with van der Waals surface area (Å²) in [6.07, 6.45) is 0. The van der Waals surface area contributed by atoms with Crippen LogP contribution in [0.1, 0.15) is 10.4 Å². The molecule has 5 rings (SSSR count).